The Bertz CT molecular complexity index is 599. The Kier molecular flexibility index (Phi) is 3.82. The highest BCUT2D eigenvalue weighted by Crippen LogP contribution is 2.07. The van der Waals surface area contributed by atoms with Crippen LogP contribution < -0.4 is 5.32 Å². The molecular weight excluding hydrogens is 246 g/mol. The van der Waals surface area contributed by atoms with Gasteiger partial charge >= 0.3 is 5.97 Å². The molecular formula is C13H11N3O3. The topological polar surface area (TPSA) is 92.2 Å². The van der Waals surface area contributed by atoms with Gasteiger partial charge in [-0.1, -0.05) is 6.07 Å². The number of carboxylic acid groups (broad SMARTS) is 1. The molecule has 2 rings (SSSR count). The largest absolute Gasteiger partial charge is 0.478 e. The summed E-state index contributed by atoms with van der Waals surface area (Å²) in [5, 5.41) is 11.4. The standard InChI is InChI=1S/C13H11N3O3/c17-12(6-9-2-1-4-14-8-9)16-11-7-10(13(18)19)3-5-15-11/h1-5,7-8H,6H2,(H,18,19)(H,15,16,17). The average molecular weight is 257 g/mol. The van der Waals surface area contributed by atoms with E-state index in [9.17, 15) is 9.59 Å². The van der Waals surface area contributed by atoms with E-state index in [4.69, 9.17) is 5.11 Å². The van der Waals surface area contributed by atoms with E-state index in [1.807, 2.05) is 0 Å². The van der Waals surface area contributed by atoms with Crippen LogP contribution in [0, 0.1) is 0 Å². The maximum absolute atomic E-state index is 11.7. The molecule has 0 fully saturated rings. The van der Waals surface area contributed by atoms with Crippen LogP contribution in [0.1, 0.15) is 15.9 Å². The number of nitrogens with one attached hydrogen (secondary N) is 1. The Hall–Kier alpha value is -2.76. The molecule has 19 heavy (non-hydrogen) atoms. The lowest BCUT2D eigenvalue weighted by molar-refractivity contribution is -0.115. The Morgan fingerprint density at radius 1 is 1.26 bits per heavy atom. The lowest BCUT2D eigenvalue weighted by atomic mass is 10.2. The predicted molar refractivity (Wildman–Crippen MR) is 67.8 cm³/mol. The van der Waals surface area contributed by atoms with E-state index >= 15 is 0 Å². The van der Waals surface area contributed by atoms with E-state index in [1.165, 1.54) is 18.3 Å². The first-order valence-electron chi connectivity index (χ1n) is 5.53. The van der Waals surface area contributed by atoms with Crippen molar-refractivity contribution in [3.05, 3.63) is 54.0 Å². The smallest absolute Gasteiger partial charge is 0.335 e. The molecule has 0 saturated carbocycles. The maximum Gasteiger partial charge on any atom is 0.335 e. The van der Waals surface area contributed by atoms with Crippen molar-refractivity contribution in [2.75, 3.05) is 5.32 Å². The number of aromatic nitrogens is 2. The van der Waals surface area contributed by atoms with Crippen LogP contribution in [0.25, 0.3) is 0 Å². The third-order valence-electron chi connectivity index (χ3n) is 2.36. The summed E-state index contributed by atoms with van der Waals surface area (Å²) >= 11 is 0. The molecule has 96 valence electrons. The van der Waals surface area contributed by atoms with Gasteiger partial charge in [0.15, 0.2) is 0 Å². The second-order valence-electron chi connectivity index (χ2n) is 3.82. The fourth-order valence-electron chi connectivity index (χ4n) is 1.51. The number of nitrogens with zero attached hydrogens (tertiary/aromatic N) is 2. The fourth-order valence-corrected chi connectivity index (χ4v) is 1.51. The monoisotopic (exact) mass is 257 g/mol. The lowest BCUT2D eigenvalue weighted by Gasteiger charge is -2.04. The van der Waals surface area contributed by atoms with Crippen molar-refractivity contribution < 1.29 is 14.7 Å². The lowest BCUT2D eigenvalue weighted by Crippen LogP contribution is -2.15. The van der Waals surface area contributed by atoms with Crippen molar-refractivity contribution in [3.63, 3.8) is 0 Å². The normalized spacial score (nSPS) is 9.89. The molecule has 1 amide bonds. The molecule has 0 spiro atoms. The third-order valence-corrected chi connectivity index (χ3v) is 2.36. The van der Waals surface area contributed by atoms with Gasteiger partial charge in [-0.15, -0.1) is 0 Å². The van der Waals surface area contributed by atoms with E-state index < -0.39 is 5.97 Å². The Balaban J connectivity index is 2.03. The molecule has 0 aliphatic carbocycles. The van der Waals surface area contributed by atoms with Gasteiger partial charge in [0.25, 0.3) is 0 Å². The number of carboxylic acids is 1. The molecule has 2 aromatic rings. The zero-order valence-corrected chi connectivity index (χ0v) is 9.91. The molecule has 6 heteroatoms. The molecule has 6 nitrogen and oxygen atoms in total. The molecule has 0 saturated heterocycles. The molecule has 0 atom stereocenters. The van der Waals surface area contributed by atoms with Crippen molar-refractivity contribution in [3.8, 4) is 0 Å². The minimum absolute atomic E-state index is 0.0756. The maximum atomic E-state index is 11.7. The van der Waals surface area contributed by atoms with E-state index in [0.717, 1.165) is 5.56 Å². The zero-order valence-electron chi connectivity index (χ0n) is 9.91. The number of carbonyl (C=O) groups excluding carboxylic acids is 1. The van der Waals surface area contributed by atoms with Gasteiger partial charge in [0.1, 0.15) is 5.82 Å². The summed E-state index contributed by atoms with van der Waals surface area (Å²) in [6.45, 7) is 0. The van der Waals surface area contributed by atoms with Crippen molar-refractivity contribution in [2.24, 2.45) is 0 Å². The number of aromatic carboxylic acids is 1. The van der Waals surface area contributed by atoms with Crippen LogP contribution in [0.3, 0.4) is 0 Å². The minimum Gasteiger partial charge on any atom is -0.478 e. The first-order valence-corrected chi connectivity index (χ1v) is 5.53. The summed E-state index contributed by atoms with van der Waals surface area (Å²) < 4.78 is 0. The molecule has 0 aromatic carbocycles. The Labute approximate surface area is 109 Å². The molecule has 0 radical (unpaired) electrons. The van der Waals surface area contributed by atoms with Crippen LogP contribution in [0.15, 0.2) is 42.9 Å². The van der Waals surface area contributed by atoms with Gasteiger partial charge in [-0.2, -0.15) is 0 Å². The number of hydrogen-bond acceptors (Lipinski definition) is 4. The number of pyridine rings is 2. The highest BCUT2D eigenvalue weighted by Gasteiger charge is 2.08. The molecule has 0 aliphatic heterocycles. The zero-order chi connectivity index (χ0) is 13.7. The third kappa shape index (κ3) is 3.60. The van der Waals surface area contributed by atoms with Gasteiger partial charge in [0.2, 0.25) is 5.91 Å². The first-order chi connectivity index (χ1) is 9.15. The number of carbonyl (C=O) groups is 2. The van der Waals surface area contributed by atoms with Crippen LogP contribution in [0.2, 0.25) is 0 Å². The molecule has 2 heterocycles. The van der Waals surface area contributed by atoms with Crippen LogP contribution in [-0.4, -0.2) is 27.0 Å². The highest BCUT2D eigenvalue weighted by molar-refractivity contribution is 5.93. The molecule has 0 bridgehead atoms. The van der Waals surface area contributed by atoms with Crippen LogP contribution in [0.5, 0.6) is 0 Å². The predicted octanol–water partition coefficient (Wildman–Crippen LogP) is 1.36. The summed E-state index contributed by atoms with van der Waals surface area (Å²) in [4.78, 5) is 30.3. The second kappa shape index (κ2) is 5.72. The molecule has 2 N–H and O–H groups in total. The van der Waals surface area contributed by atoms with Crippen molar-refractivity contribution in [1.29, 1.82) is 0 Å². The van der Waals surface area contributed by atoms with Gasteiger partial charge in [0, 0.05) is 18.6 Å². The first kappa shape index (κ1) is 12.7. The summed E-state index contributed by atoms with van der Waals surface area (Å²) in [5.41, 5.74) is 0.848. The molecule has 0 aliphatic rings. The summed E-state index contributed by atoms with van der Waals surface area (Å²) in [5.74, 6) is -1.12. The van der Waals surface area contributed by atoms with E-state index in [1.54, 1.807) is 24.5 Å². The number of hydrogen-bond donors (Lipinski definition) is 2. The quantitative estimate of drug-likeness (QED) is 0.862. The Morgan fingerprint density at radius 2 is 2.11 bits per heavy atom. The van der Waals surface area contributed by atoms with Gasteiger partial charge in [-0.25, -0.2) is 9.78 Å². The van der Waals surface area contributed by atoms with Gasteiger partial charge < -0.3 is 10.4 Å². The van der Waals surface area contributed by atoms with E-state index in [0.29, 0.717) is 0 Å². The van der Waals surface area contributed by atoms with Crippen LogP contribution in [0.4, 0.5) is 5.82 Å². The second-order valence-corrected chi connectivity index (χ2v) is 3.82. The van der Waals surface area contributed by atoms with Crippen molar-refractivity contribution >= 4 is 17.7 Å². The summed E-state index contributed by atoms with van der Waals surface area (Å²) in [7, 11) is 0. The van der Waals surface area contributed by atoms with Gasteiger partial charge in [-0.3, -0.25) is 9.78 Å². The number of amides is 1. The SMILES string of the molecule is O=C(Cc1cccnc1)Nc1cc(C(=O)O)ccn1. The van der Waals surface area contributed by atoms with Crippen LogP contribution in [-0.2, 0) is 11.2 Å². The Morgan fingerprint density at radius 3 is 2.79 bits per heavy atom. The highest BCUT2D eigenvalue weighted by atomic mass is 16.4. The molecule has 2 aromatic heterocycles. The fraction of sp³-hybridized carbons (Fsp3) is 0.0769. The summed E-state index contributed by atoms with van der Waals surface area (Å²) in [6.07, 6.45) is 4.72. The van der Waals surface area contributed by atoms with Gasteiger partial charge in [0.05, 0.1) is 12.0 Å². The number of anilines is 1. The average Bonchev–Trinajstić information content (AvgIpc) is 2.40. The van der Waals surface area contributed by atoms with Gasteiger partial charge in [-0.05, 0) is 23.8 Å². The van der Waals surface area contributed by atoms with Crippen LogP contribution >= 0.6 is 0 Å². The number of rotatable bonds is 4. The van der Waals surface area contributed by atoms with E-state index in [-0.39, 0.29) is 23.7 Å². The van der Waals surface area contributed by atoms with Crippen molar-refractivity contribution in [2.45, 2.75) is 6.42 Å². The molecule has 0 unspecified atom stereocenters. The van der Waals surface area contributed by atoms with E-state index in [2.05, 4.69) is 15.3 Å². The summed E-state index contributed by atoms with van der Waals surface area (Å²) in [6, 6.07) is 6.20. The van der Waals surface area contributed by atoms with Crippen molar-refractivity contribution in [1.82, 2.24) is 9.97 Å². The minimum atomic E-state index is -1.06.